The zero-order chi connectivity index (χ0) is 16.2. The van der Waals surface area contributed by atoms with Crippen molar-refractivity contribution < 1.29 is 5.11 Å². The summed E-state index contributed by atoms with van der Waals surface area (Å²) in [6.45, 7) is 7.25. The fourth-order valence-electron chi connectivity index (χ4n) is 2.79. The van der Waals surface area contributed by atoms with E-state index in [1.54, 1.807) is 0 Å². The van der Waals surface area contributed by atoms with Crippen LogP contribution in [0.5, 0.6) is 0 Å². The van der Waals surface area contributed by atoms with E-state index in [4.69, 9.17) is 5.73 Å². The second kappa shape index (κ2) is 6.92. The SMILES string of the molecule is CCCC(C)(CO)CCNc1nnc(N)c2cc(C)ccc12. The number of benzene rings is 1. The second-order valence-electron chi connectivity index (χ2n) is 6.38. The molecule has 1 aromatic carbocycles. The Hall–Kier alpha value is -1.88. The van der Waals surface area contributed by atoms with Crippen molar-refractivity contribution >= 4 is 22.4 Å². The average molecular weight is 302 g/mol. The highest BCUT2D eigenvalue weighted by Gasteiger charge is 2.21. The summed E-state index contributed by atoms with van der Waals surface area (Å²) in [6.07, 6.45) is 2.97. The van der Waals surface area contributed by atoms with Gasteiger partial charge in [0.25, 0.3) is 0 Å². The van der Waals surface area contributed by atoms with Crippen LogP contribution in [-0.2, 0) is 0 Å². The van der Waals surface area contributed by atoms with Gasteiger partial charge in [-0.2, -0.15) is 0 Å². The van der Waals surface area contributed by atoms with E-state index in [9.17, 15) is 5.11 Å². The van der Waals surface area contributed by atoms with Crippen molar-refractivity contribution in [3.05, 3.63) is 23.8 Å². The molecular weight excluding hydrogens is 276 g/mol. The van der Waals surface area contributed by atoms with Crippen LogP contribution in [-0.4, -0.2) is 28.5 Å². The molecule has 4 N–H and O–H groups in total. The fourth-order valence-corrected chi connectivity index (χ4v) is 2.79. The van der Waals surface area contributed by atoms with Crippen molar-refractivity contribution in [2.45, 2.75) is 40.0 Å². The number of nitrogens with one attached hydrogen (secondary N) is 1. The van der Waals surface area contributed by atoms with E-state index in [2.05, 4.69) is 29.4 Å². The number of hydrogen-bond donors (Lipinski definition) is 3. The van der Waals surface area contributed by atoms with Crippen LogP contribution in [0.1, 0.15) is 38.7 Å². The van der Waals surface area contributed by atoms with Crippen molar-refractivity contribution in [3.63, 3.8) is 0 Å². The fraction of sp³-hybridized carbons (Fsp3) is 0.529. The Morgan fingerprint density at radius 2 is 2.00 bits per heavy atom. The molecule has 2 aromatic rings. The van der Waals surface area contributed by atoms with Crippen LogP contribution in [0.25, 0.3) is 10.8 Å². The van der Waals surface area contributed by atoms with Gasteiger partial charge in [-0.15, -0.1) is 10.2 Å². The highest BCUT2D eigenvalue weighted by atomic mass is 16.3. The number of nitrogens with zero attached hydrogens (tertiary/aromatic N) is 2. The van der Waals surface area contributed by atoms with Gasteiger partial charge in [0.2, 0.25) is 0 Å². The van der Waals surface area contributed by atoms with E-state index in [1.807, 2.05) is 25.1 Å². The van der Waals surface area contributed by atoms with Crippen LogP contribution in [0, 0.1) is 12.3 Å². The van der Waals surface area contributed by atoms with Gasteiger partial charge in [0.1, 0.15) is 0 Å². The second-order valence-corrected chi connectivity index (χ2v) is 6.38. The number of aryl methyl sites for hydroxylation is 1. The normalized spacial score (nSPS) is 14.0. The van der Waals surface area contributed by atoms with E-state index in [1.165, 1.54) is 0 Å². The third-order valence-corrected chi connectivity index (χ3v) is 4.22. The van der Waals surface area contributed by atoms with Crippen molar-refractivity contribution in [2.24, 2.45) is 5.41 Å². The number of hydrogen-bond acceptors (Lipinski definition) is 5. The Morgan fingerprint density at radius 3 is 2.68 bits per heavy atom. The summed E-state index contributed by atoms with van der Waals surface area (Å²) in [6, 6.07) is 6.10. The first-order valence-electron chi connectivity index (χ1n) is 7.86. The number of aliphatic hydroxyl groups excluding tert-OH is 1. The summed E-state index contributed by atoms with van der Waals surface area (Å²) in [5, 5.41) is 23.0. The molecule has 1 unspecified atom stereocenters. The summed E-state index contributed by atoms with van der Waals surface area (Å²) in [7, 11) is 0. The Kier molecular flexibility index (Phi) is 5.19. The topological polar surface area (TPSA) is 84.1 Å². The van der Waals surface area contributed by atoms with Crippen LogP contribution in [0.4, 0.5) is 11.6 Å². The molecule has 5 nitrogen and oxygen atoms in total. The Labute approximate surface area is 131 Å². The molecule has 0 radical (unpaired) electrons. The third-order valence-electron chi connectivity index (χ3n) is 4.22. The highest BCUT2D eigenvalue weighted by Crippen LogP contribution is 2.28. The van der Waals surface area contributed by atoms with E-state index in [0.717, 1.165) is 48.0 Å². The Bertz CT molecular complexity index is 644. The maximum absolute atomic E-state index is 9.58. The molecule has 1 heterocycles. The van der Waals surface area contributed by atoms with Crippen LogP contribution >= 0.6 is 0 Å². The lowest BCUT2D eigenvalue weighted by Crippen LogP contribution is -2.24. The summed E-state index contributed by atoms with van der Waals surface area (Å²) in [5.74, 6) is 1.21. The number of fused-ring (bicyclic) bond motifs is 1. The van der Waals surface area contributed by atoms with Gasteiger partial charge < -0.3 is 16.2 Å². The van der Waals surface area contributed by atoms with Gasteiger partial charge in [0, 0.05) is 23.9 Å². The minimum atomic E-state index is -0.0463. The molecule has 0 saturated heterocycles. The van der Waals surface area contributed by atoms with Gasteiger partial charge in [0.05, 0.1) is 0 Å². The maximum Gasteiger partial charge on any atom is 0.156 e. The van der Waals surface area contributed by atoms with Crippen LogP contribution in [0.15, 0.2) is 18.2 Å². The predicted octanol–water partition coefficient (Wildman–Crippen LogP) is 3.12. The van der Waals surface area contributed by atoms with Crippen molar-refractivity contribution in [1.82, 2.24) is 10.2 Å². The van der Waals surface area contributed by atoms with Gasteiger partial charge in [-0.05, 0) is 31.2 Å². The lowest BCUT2D eigenvalue weighted by atomic mass is 9.83. The molecular formula is C17H26N4O. The van der Waals surface area contributed by atoms with Crippen LogP contribution in [0.2, 0.25) is 0 Å². The number of nitrogens with two attached hydrogens (primary N) is 1. The molecule has 22 heavy (non-hydrogen) atoms. The first kappa shape index (κ1) is 16.5. The predicted molar refractivity (Wildman–Crippen MR) is 91.9 cm³/mol. The quantitative estimate of drug-likeness (QED) is 0.732. The summed E-state index contributed by atoms with van der Waals surface area (Å²) in [4.78, 5) is 0. The van der Waals surface area contributed by atoms with Crippen molar-refractivity contribution in [2.75, 3.05) is 24.2 Å². The monoisotopic (exact) mass is 302 g/mol. The zero-order valence-corrected chi connectivity index (χ0v) is 13.7. The van der Waals surface area contributed by atoms with Gasteiger partial charge in [-0.25, -0.2) is 0 Å². The van der Waals surface area contributed by atoms with E-state index >= 15 is 0 Å². The molecule has 0 amide bonds. The minimum absolute atomic E-state index is 0.0463. The molecule has 0 saturated carbocycles. The number of rotatable bonds is 7. The van der Waals surface area contributed by atoms with E-state index < -0.39 is 0 Å². The van der Waals surface area contributed by atoms with Gasteiger partial charge in [-0.1, -0.05) is 38.0 Å². The maximum atomic E-state index is 9.58. The van der Waals surface area contributed by atoms with Crippen molar-refractivity contribution in [3.8, 4) is 0 Å². The average Bonchev–Trinajstić information content (AvgIpc) is 2.50. The lowest BCUT2D eigenvalue weighted by molar-refractivity contribution is 0.126. The van der Waals surface area contributed by atoms with E-state index in [0.29, 0.717) is 5.82 Å². The van der Waals surface area contributed by atoms with Crippen LogP contribution in [0.3, 0.4) is 0 Å². The number of nitrogen functional groups attached to an aromatic ring is 1. The van der Waals surface area contributed by atoms with Gasteiger partial charge >= 0.3 is 0 Å². The molecule has 5 heteroatoms. The molecule has 1 atom stereocenters. The van der Waals surface area contributed by atoms with Gasteiger partial charge in [0.15, 0.2) is 11.6 Å². The third kappa shape index (κ3) is 3.65. The number of anilines is 2. The highest BCUT2D eigenvalue weighted by molar-refractivity contribution is 5.97. The number of aromatic nitrogens is 2. The first-order chi connectivity index (χ1) is 10.5. The first-order valence-corrected chi connectivity index (χ1v) is 7.86. The van der Waals surface area contributed by atoms with Crippen molar-refractivity contribution in [1.29, 1.82) is 0 Å². The van der Waals surface area contributed by atoms with Crippen LogP contribution < -0.4 is 11.1 Å². The Morgan fingerprint density at radius 1 is 1.23 bits per heavy atom. The molecule has 0 aliphatic carbocycles. The molecule has 2 rings (SSSR count). The summed E-state index contributed by atoms with van der Waals surface area (Å²) < 4.78 is 0. The lowest BCUT2D eigenvalue weighted by Gasteiger charge is -2.27. The molecule has 0 aliphatic rings. The minimum Gasteiger partial charge on any atom is -0.396 e. The Balaban J connectivity index is 2.14. The molecule has 0 fully saturated rings. The molecule has 1 aromatic heterocycles. The molecule has 120 valence electrons. The smallest absolute Gasteiger partial charge is 0.156 e. The standard InChI is InChI=1S/C17H26N4O/c1-4-7-17(3,11-22)8-9-19-16-13-6-5-12(2)10-14(13)15(18)20-21-16/h5-6,10,22H,4,7-9,11H2,1-3H3,(H2,18,20)(H,19,21). The molecule has 0 aliphatic heterocycles. The summed E-state index contributed by atoms with van der Waals surface area (Å²) in [5.41, 5.74) is 7.02. The van der Waals surface area contributed by atoms with E-state index in [-0.39, 0.29) is 12.0 Å². The summed E-state index contributed by atoms with van der Waals surface area (Å²) >= 11 is 0. The molecule has 0 spiro atoms. The molecule has 0 bridgehead atoms. The zero-order valence-electron chi connectivity index (χ0n) is 13.7. The van der Waals surface area contributed by atoms with Gasteiger partial charge in [-0.3, -0.25) is 0 Å². The number of aliphatic hydroxyl groups is 1. The largest absolute Gasteiger partial charge is 0.396 e.